The van der Waals surface area contributed by atoms with E-state index in [4.69, 9.17) is 16.3 Å². The molecule has 0 radical (unpaired) electrons. The molecule has 1 atom stereocenters. The van der Waals surface area contributed by atoms with E-state index >= 15 is 0 Å². The maximum atomic E-state index is 12.5. The van der Waals surface area contributed by atoms with Crippen LogP contribution in [0.1, 0.15) is 27.4 Å². The number of carbonyl (C=O) groups excluding carboxylic acids is 1. The van der Waals surface area contributed by atoms with Gasteiger partial charge in [0.05, 0.1) is 11.5 Å². The third-order valence-electron chi connectivity index (χ3n) is 3.45. The fourth-order valence-electron chi connectivity index (χ4n) is 2.34. The highest BCUT2D eigenvalue weighted by molar-refractivity contribution is 6.32. The van der Waals surface area contributed by atoms with Crippen LogP contribution in [0.25, 0.3) is 0 Å². The van der Waals surface area contributed by atoms with E-state index in [1.807, 2.05) is 43.3 Å². The summed E-state index contributed by atoms with van der Waals surface area (Å²) < 4.78 is 5.72. The first-order chi connectivity index (χ1) is 9.16. The number of halogens is 1. The fourth-order valence-corrected chi connectivity index (χ4v) is 2.50. The number of aryl methyl sites for hydroxylation is 1. The Kier molecular flexibility index (Phi) is 3.03. The molecule has 2 aromatic carbocycles. The van der Waals surface area contributed by atoms with Gasteiger partial charge in [-0.15, -0.1) is 0 Å². The average molecular weight is 273 g/mol. The molecule has 3 heteroatoms. The Bertz CT molecular complexity index is 635. The molecular formula is C16H13ClO2. The molecule has 1 heterocycles. The second-order valence-electron chi connectivity index (χ2n) is 4.74. The molecule has 96 valence electrons. The predicted molar refractivity (Wildman–Crippen MR) is 75.2 cm³/mol. The Labute approximate surface area is 117 Å². The first kappa shape index (κ1) is 12.2. The van der Waals surface area contributed by atoms with Crippen molar-refractivity contribution in [3.8, 4) is 5.75 Å². The zero-order valence-electron chi connectivity index (χ0n) is 10.5. The maximum Gasteiger partial charge on any atom is 0.177 e. The molecule has 0 bridgehead atoms. The van der Waals surface area contributed by atoms with Crippen LogP contribution in [-0.4, -0.2) is 12.4 Å². The molecule has 0 saturated heterocycles. The number of Topliss-reactive ketones (excluding diaryl/α,β-unsaturated/α-hetero) is 1. The minimum absolute atomic E-state index is 0.0781. The Morgan fingerprint density at radius 3 is 2.68 bits per heavy atom. The van der Waals surface area contributed by atoms with E-state index in [2.05, 4.69) is 0 Å². The monoisotopic (exact) mass is 272 g/mol. The van der Waals surface area contributed by atoms with Gasteiger partial charge in [0.1, 0.15) is 12.4 Å². The molecule has 2 nitrogen and oxygen atoms in total. The molecule has 1 aliphatic heterocycles. The van der Waals surface area contributed by atoms with E-state index < -0.39 is 0 Å². The summed E-state index contributed by atoms with van der Waals surface area (Å²) in [5.41, 5.74) is 2.48. The molecule has 0 fully saturated rings. The average Bonchev–Trinajstić information content (AvgIpc) is 2.42. The highest BCUT2D eigenvalue weighted by Gasteiger charge is 2.30. The second kappa shape index (κ2) is 4.71. The van der Waals surface area contributed by atoms with Crippen molar-refractivity contribution in [2.45, 2.75) is 12.8 Å². The molecule has 0 aliphatic carbocycles. The summed E-state index contributed by atoms with van der Waals surface area (Å²) in [6.07, 6.45) is 0. The Hall–Kier alpha value is -1.80. The van der Waals surface area contributed by atoms with Gasteiger partial charge >= 0.3 is 0 Å². The highest BCUT2D eigenvalue weighted by Crippen LogP contribution is 2.35. The molecule has 0 saturated carbocycles. The van der Waals surface area contributed by atoms with Gasteiger partial charge in [0.25, 0.3) is 0 Å². The van der Waals surface area contributed by atoms with Crippen molar-refractivity contribution in [3.63, 3.8) is 0 Å². The van der Waals surface area contributed by atoms with Crippen LogP contribution in [0.5, 0.6) is 5.75 Å². The summed E-state index contributed by atoms with van der Waals surface area (Å²) in [5.74, 6) is 0.473. The Balaban J connectivity index is 2.03. The molecule has 0 aromatic heterocycles. The number of hydrogen-bond acceptors (Lipinski definition) is 2. The molecule has 19 heavy (non-hydrogen) atoms. The van der Waals surface area contributed by atoms with Crippen molar-refractivity contribution in [2.75, 3.05) is 6.61 Å². The van der Waals surface area contributed by atoms with Crippen molar-refractivity contribution in [1.82, 2.24) is 0 Å². The van der Waals surface area contributed by atoms with E-state index in [-0.39, 0.29) is 11.7 Å². The van der Waals surface area contributed by atoms with Crippen molar-refractivity contribution < 1.29 is 9.53 Å². The number of ketones is 1. The van der Waals surface area contributed by atoms with Crippen LogP contribution < -0.4 is 4.74 Å². The van der Waals surface area contributed by atoms with Gasteiger partial charge in [0, 0.05) is 5.02 Å². The van der Waals surface area contributed by atoms with Crippen LogP contribution >= 0.6 is 11.6 Å². The quantitative estimate of drug-likeness (QED) is 0.784. The van der Waals surface area contributed by atoms with Gasteiger partial charge in [-0.25, -0.2) is 0 Å². The molecule has 1 aliphatic rings. The lowest BCUT2D eigenvalue weighted by molar-refractivity contribution is 0.0896. The molecule has 3 rings (SSSR count). The topological polar surface area (TPSA) is 26.3 Å². The zero-order valence-corrected chi connectivity index (χ0v) is 11.3. The Morgan fingerprint density at radius 1 is 1.21 bits per heavy atom. The summed E-state index contributed by atoms with van der Waals surface area (Å²) in [7, 11) is 0. The molecular weight excluding hydrogens is 260 g/mol. The number of fused-ring (bicyclic) bond motifs is 1. The van der Waals surface area contributed by atoms with Gasteiger partial charge in [-0.3, -0.25) is 4.79 Å². The minimum Gasteiger partial charge on any atom is -0.492 e. The Morgan fingerprint density at radius 2 is 1.95 bits per heavy atom. The number of rotatable bonds is 1. The van der Waals surface area contributed by atoms with Gasteiger partial charge in [-0.2, -0.15) is 0 Å². The van der Waals surface area contributed by atoms with E-state index in [9.17, 15) is 4.79 Å². The molecule has 0 spiro atoms. The molecule has 0 unspecified atom stereocenters. The number of benzene rings is 2. The van der Waals surface area contributed by atoms with Crippen molar-refractivity contribution >= 4 is 17.4 Å². The van der Waals surface area contributed by atoms with E-state index in [0.29, 0.717) is 22.9 Å². The van der Waals surface area contributed by atoms with E-state index in [0.717, 1.165) is 11.1 Å². The van der Waals surface area contributed by atoms with Gasteiger partial charge < -0.3 is 4.74 Å². The lowest BCUT2D eigenvalue weighted by Gasteiger charge is -2.25. The predicted octanol–water partition coefficient (Wildman–Crippen LogP) is 4.01. The number of hydrogen-bond donors (Lipinski definition) is 0. The normalized spacial score (nSPS) is 17.8. The van der Waals surface area contributed by atoms with E-state index in [1.54, 1.807) is 6.07 Å². The molecule has 0 N–H and O–H groups in total. The van der Waals surface area contributed by atoms with Crippen molar-refractivity contribution in [2.24, 2.45) is 0 Å². The maximum absolute atomic E-state index is 12.5. The summed E-state index contributed by atoms with van der Waals surface area (Å²) in [6, 6.07) is 13.2. The van der Waals surface area contributed by atoms with Crippen LogP contribution in [0.15, 0.2) is 42.5 Å². The summed E-state index contributed by atoms with van der Waals surface area (Å²) >= 11 is 6.10. The highest BCUT2D eigenvalue weighted by atomic mass is 35.5. The lowest BCUT2D eigenvalue weighted by atomic mass is 9.88. The largest absolute Gasteiger partial charge is 0.492 e. The van der Waals surface area contributed by atoms with E-state index in [1.165, 1.54) is 0 Å². The number of carbonyl (C=O) groups is 1. The first-order valence-electron chi connectivity index (χ1n) is 6.19. The van der Waals surface area contributed by atoms with Gasteiger partial charge in [0.15, 0.2) is 5.78 Å². The van der Waals surface area contributed by atoms with Gasteiger partial charge in [-0.1, -0.05) is 41.9 Å². The van der Waals surface area contributed by atoms with Crippen LogP contribution in [0.3, 0.4) is 0 Å². The first-order valence-corrected chi connectivity index (χ1v) is 6.56. The van der Waals surface area contributed by atoms with Crippen LogP contribution in [0.4, 0.5) is 0 Å². The van der Waals surface area contributed by atoms with Gasteiger partial charge in [0.2, 0.25) is 0 Å². The molecule has 2 aromatic rings. The van der Waals surface area contributed by atoms with Crippen LogP contribution in [-0.2, 0) is 0 Å². The second-order valence-corrected chi connectivity index (χ2v) is 5.14. The van der Waals surface area contributed by atoms with Crippen molar-refractivity contribution in [1.29, 1.82) is 0 Å². The smallest absolute Gasteiger partial charge is 0.177 e. The molecule has 0 amide bonds. The third kappa shape index (κ3) is 2.13. The third-order valence-corrected chi connectivity index (χ3v) is 3.86. The van der Waals surface area contributed by atoms with Gasteiger partial charge in [-0.05, 0) is 30.2 Å². The summed E-state index contributed by atoms with van der Waals surface area (Å²) in [6.45, 7) is 2.29. The lowest BCUT2D eigenvalue weighted by Crippen LogP contribution is -2.26. The van der Waals surface area contributed by atoms with Crippen molar-refractivity contribution in [3.05, 3.63) is 64.2 Å². The van der Waals surface area contributed by atoms with Crippen LogP contribution in [0.2, 0.25) is 5.02 Å². The minimum atomic E-state index is -0.243. The summed E-state index contributed by atoms with van der Waals surface area (Å²) in [5, 5.41) is 0.601. The van der Waals surface area contributed by atoms with Crippen LogP contribution in [0, 0.1) is 6.92 Å². The number of ether oxygens (including phenoxy) is 1. The standard InChI is InChI=1S/C16H13ClO2/c1-10-7-15-12(8-14(10)17)16(18)13(9-19-15)11-5-3-2-4-6-11/h2-8,13H,9H2,1H3/t13-/m0/s1. The summed E-state index contributed by atoms with van der Waals surface area (Å²) in [4.78, 5) is 12.5. The zero-order chi connectivity index (χ0) is 13.4. The SMILES string of the molecule is Cc1cc2c(cc1Cl)C(=O)[C@H](c1ccccc1)CO2. The fraction of sp³-hybridized carbons (Fsp3) is 0.188.